The van der Waals surface area contributed by atoms with Gasteiger partial charge in [0.05, 0.1) is 18.3 Å². The molecule has 1 atom stereocenters. The third kappa shape index (κ3) is 2.99. The van der Waals surface area contributed by atoms with Gasteiger partial charge >= 0.3 is 0 Å². The summed E-state index contributed by atoms with van der Waals surface area (Å²) >= 11 is 0. The molecule has 4 rings (SSSR count). The Bertz CT molecular complexity index is 1050. The smallest absolute Gasteiger partial charge is 0.131 e. The summed E-state index contributed by atoms with van der Waals surface area (Å²) in [6.45, 7) is 2.61. The van der Waals surface area contributed by atoms with Crippen molar-refractivity contribution in [2.45, 2.75) is 12.3 Å². The van der Waals surface area contributed by atoms with Gasteiger partial charge in [0, 0.05) is 30.1 Å². The van der Waals surface area contributed by atoms with Crippen molar-refractivity contribution in [1.29, 1.82) is 0 Å². The van der Waals surface area contributed by atoms with Crippen molar-refractivity contribution in [1.82, 2.24) is 10.3 Å². The Morgan fingerprint density at radius 3 is 2.57 bits per heavy atom. The number of aryl methyl sites for hydroxylation is 1. The zero-order chi connectivity index (χ0) is 19.7. The summed E-state index contributed by atoms with van der Waals surface area (Å²) in [7, 11) is 1.66. The molecular weight excluding hydrogens is 353 g/mol. The third-order valence-electron chi connectivity index (χ3n) is 5.34. The van der Waals surface area contributed by atoms with E-state index in [1.165, 1.54) is 6.07 Å². The molecule has 1 aliphatic heterocycles. The van der Waals surface area contributed by atoms with Crippen molar-refractivity contribution >= 4 is 0 Å². The predicted molar refractivity (Wildman–Crippen MR) is 108 cm³/mol. The molecule has 2 heterocycles. The van der Waals surface area contributed by atoms with E-state index in [9.17, 15) is 4.39 Å². The van der Waals surface area contributed by atoms with Crippen LogP contribution in [-0.4, -0.2) is 18.6 Å². The fraction of sp³-hybridized carbons (Fsp3) is 0.174. The molecule has 2 aromatic carbocycles. The van der Waals surface area contributed by atoms with Gasteiger partial charge in [-0.3, -0.25) is 4.98 Å². The minimum absolute atomic E-state index is 0.277. The first-order valence-electron chi connectivity index (χ1n) is 9.11. The Morgan fingerprint density at radius 2 is 1.93 bits per heavy atom. The van der Waals surface area contributed by atoms with E-state index in [1.54, 1.807) is 25.6 Å². The summed E-state index contributed by atoms with van der Waals surface area (Å²) in [5.74, 6) is 1.17. The van der Waals surface area contributed by atoms with Crippen LogP contribution in [0.25, 0.3) is 11.1 Å². The number of nitrogens with zero attached hydrogens (tertiary/aromatic N) is 1. The fourth-order valence-electron chi connectivity index (χ4n) is 3.85. The van der Waals surface area contributed by atoms with Crippen LogP contribution in [0.3, 0.4) is 0 Å². The molecule has 3 aromatic rings. The summed E-state index contributed by atoms with van der Waals surface area (Å²) < 4.78 is 20.0. The van der Waals surface area contributed by atoms with E-state index < -0.39 is 5.41 Å². The number of ether oxygens (including phenoxy) is 1. The van der Waals surface area contributed by atoms with E-state index in [2.05, 4.69) is 16.4 Å². The van der Waals surface area contributed by atoms with Crippen LogP contribution >= 0.6 is 0 Å². The number of nitrogens with two attached hydrogens (primary N) is 1. The van der Waals surface area contributed by atoms with Crippen molar-refractivity contribution in [3.8, 4) is 16.9 Å². The van der Waals surface area contributed by atoms with E-state index in [4.69, 9.17) is 10.5 Å². The van der Waals surface area contributed by atoms with Gasteiger partial charge in [-0.25, -0.2) is 4.39 Å². The summed E-state index contributed by atoms with van der Waals surface area (Å²) in [4.78, 5) is 4.12. The number of rotatable bonds is 4. The van der Waals surface area contributed by atoms with E-state index in [1.807, 2.05) is 43.3 Å². The number of pyridine rings is 1. The summed E-state index contributed by atoms with van der Waals surface area (Å²) in [5.41, 5.74) is 9.94. The van der Waals surface area contributed by atoms with Gasteiger partial charge in [-0.05, 0) is 54.0 Å². The predicted octanol–water partition coefficient (Wildman–Crippen LogP) is 3.89. The van der Waals surface area contributed by atoms with Gasteiger partial charge in [0.1, 0.15) is 11.6 Å². The molecule has 3 N–H and O–H groups in total. The Kier molecular flexibility index (Phi) is 4.51. The van der Waals surface area contributed by atoms with Crippen molar-refractivity contribution < 1.29 is 9.13 Å². The number of aromatic nitrogens is 1. The van der Waals surface area contributed by atoms with Crippen molar-refractivity contribution in [2.24, 2.45) is 5.73 Å². The van der Waals surface area contributed by atoms with E-state index in [-0.39, 0.29) is 5.82 Å². The molecule has 0 aliphatic carbocycles. The topological polar surface area (TPSA) is 60.2 Å². The Balaban J connectivity index is 1.89. The van der Waals surface area contributed by atoms with Crippen LogP contribution in [0.15, 0.2) is 72.8 Å². The average molecular weight is 375 g/mol. The highest BCUT2D eigenvalue weighted by molar-refractivity contribution is 5.66. The first-order chi connectivity index (χ1) is 13.5. The first kappa shape index (κ1) is 18.0. The van der Waals surface area contributed by atoms with Crippen molar-refractivity contribution in [3.05, 3.63) is 95.3 Å². The normalized spacial score (nSPS) is 18.5. The molecule has 1 aromatic heterocycles. The maximum atomic E-state index is 14.6. The number of methoxy groups -OCH3 is 1. The molecule has 0 bridgehead atoms. The molecule has 1 aliphatic rings. The Hall–Kier alpha value is -3.34. The quantitative estimate of drug-likeness (QED) is 0.726. The molecule has 0 saturated carbocycles. The molecule has 142 valence electrons. The second kappa shape index (κ2) is 7.00. The number of hydrogen-bond acceptors (Lipinski definition) is 4. The van der Waals surface area contributed by atoms with Crippen LogP contribution in [0.4, 0.5) is 4.39 Å². The third-order valence-corrected chi connectivity index (χ3v) is 5.34. The number of nitrogens with one attached hydrogen (secondary N) is 1. The van der Waals surface area contributed by atoms with Crippen LogP contribution in [0.5, 0.6) is 5.75 Å². The van der Waals surface area contributed by atoms with E-state index in [0.717, 1.165) is 28.0 Å². The largest absolute Gasteiger partial charge is 0.496 e. The SMILES string of the molecule is COc1ccc(C2(c3ccc(F)c(-c4cccnc4)c3)C=C(N)NC2)cc1C. The van der Waals surface area contributed by atoms with Gasteiger partial charge in [-0.2, -0.15) is 0 Å². The van der Waals surface area contributed by atoms with Gasteiger partial charge in [0.25, 0.3) is 0 Å². The maximum Gasteiger partial charge on any atom is 0.131 e. The van der Waals surface area contributed by atoms with Gasteiger partial charge in [0.2, 0.25) is 0 Å². The maximum absolute atomic E-state index is 14.6. The van der Waals surface area contributed by atoms with Crippen LogP contribution < -0.4 is 15.8 Å². The summed E-state index contributed by atoms with van der Waals surface area (Å²) in [6.07, 6.45) is 5.36. The standard InChI is InChI=1S/C23H22FN3O/c1-15-10-17(6-8-21(15)28-2)23(12-22(25)27-14-23)18-5-7-20(24)19(11-18)16-4-3-9-26-13-16/h3-13,27H,14,25H2,1-2H3. The lowest BCUT2D eigenvalue weighted by Gasteiger charge is -2.29. The lowest BCUT2D eigenvalue weighted by molar-refractivity contribution is 0.411. The Morgan fingerprint density at radius 1 is 1.14 bits per heavy atom. The molecule has 4 nitrogen and oxygen atoms in total. The molecule has 28 heavy (non-hydrogen) atoms. The lowest BCUT2D eigenvalue weighted by Crippen LogP contribution is -2.31. The molecule has 0 radical (unpaired) electrons. The van der Waals surface area contributed by atoms with Gasteiger partial charge in [-0.1, -0.05) is 24.3 Å². The second-order valence-electron chi connectivity index (χ2n) is 7.05. The van der Waals surface area contributed by atoms with E-state index >= 15 is 0 Å². The molecule has 0 spiro atoms. The number of hydrogen-bond donors (Lipinski definition) is 2. The summed E-state index contributed by atoms with van der Waals surface area (Å²) in [5, 5.41) is 3.23. The van der Waals surface area contributed by atoms with Crippen LogP contribution in [0, 0.1) is 12.7 Å². The fourth-order valence-corrected chi connectivity index (χ4v) is 3.85. The minimum atomic E-state index is -0.494. The van der Waals surface area contributed by atoms with Gasteiger partial charge in [-0.15, -0.1) is 0 Å². The van der Waals surface area contributed by atoms with Gasteiger partial charge < -0.3 is 15.8 Å². The van der Waals surface area contributed by atoms with Crippen molar-refractivity contribution in [2.75, 3.05) is 13.7 Å². The Labute approximate surface area is 163 Å². The average Bonchev–Trinajstić information content (AvgIpc) is 3.12. The zero-order valence-electron chi connectivity index (χ0n) is 15.9. The molecule has 0 amide bonds. The van der Waals surface area contributed by atoms with E-state index in [0.29, 0.717) is 17.9 Å². The molecule has 1 unspecified atom stereocenters. The van der Waals surface area contributed by atoms with Crippen LogP contribution in [0.2, 0.25) is 0 Å². The highest BCUT2D eigenvalue weighted by Gasteiger charge is 2.37. The van der Waals surface area contributed by atoms with Gasteiger partial charge in [0.15, 0.2) is 0 Å². The molecule has 0 fully saturated rings. The molecular formula is C23H22FN3O. The second-order valence-corrected chi connectivity index (χ2v) is 7.05. The highest BCUT2D eigenvalue weighted by atomic mass is 19.1. The lowest BCUT2D eigenvalue weighted by atomic mass is 9.74. The monoisotopic (exact) mass is 375 g/mol. The molecule has 0 saturated heterocycles. The van der Waals surface area contributed by atoms with Crippen LogP contribution in [-0.2, 0) is 5.41 Å². The molecule has 5 heteroatoms. The minimum Gasteiger partial charge on any atom is -0.496 e. The number of halogens is 1. The first-order valence-corrected chi connectivity index (χ1v) is 9.11. The number of benzene rings is 2. The van der Waals surface area contributed by atoms with Crippen LogP contribution in [0.1, 0.15) is 16.7 Å². The zero-order valence-corrected chi connectivity index (χ0v) is 15.9. The van der Waals surface area contributed by atoms with Crippen molar-refractivity contribution in [3.63, 3.8) is 0 Å². The summed E-state index contributed by atoms with van der Waals surface area (Å²) in [6, 6.07) is 15.0. The highest BCUT2D eigenvalue weighted by Crippen LogP contribution is 2.40.